The van der Waals surface area contributed by atoms with Crippen LogP contribution in [-0.2, 0) is 6.54 Å². The number of carbonyl (C=O) groups excluding carboxylic acids is 1. The number of carbonyl (C=O) groups is 1. The van der Waals surface area contributed by atoms with Crippen LogP contribution in [0.15, 0.2) is 47.3 Å². The summed E-state index contributed by atoms with van der Waals surface area (Å²) in [5.74, 6) is 0. The Bertz CT molecular complexity index is 492. The molecule has 4 nitrogen and oxygen atoms in total. The van der Waals surface area contributed by atoms with Crippen LogP contribution in [0.1, 0.15) is 11.1 Å². The first kappa shape index (κ1) is 11.3. The van der Waals surface area contributed by atoms with Crippen LogP contribution in [0.4, 0.5) is 10.5 Å². The third-order valence-corrected chi connectivity index (χ3v) is 2.43. The van der Waals surface area contributed by atoms with E-state index in [9.17, 15) is 4.79 Å². The average Bonchev–Trinajstić information content (AvgIpc) is 2.82. The van der Waals surface area contributed by atoms with Gasteiger partial charge in [0, 0.05) is 17.8 Å². The van der Waals surface area contributed by atoms with Crippen molar-refractivity contribution >= 4 is 11.7 Å². The van der Waals surface area contributed by atoms with E-state index in [1.54, 1.807) is 12.5 Å². The summed E-state index contributed by atoms with van der Waals surface area (Å²) in [4.78, 5) is 11.6. The maximum atomic E-state index is 11.6. The molecule has 1 heterocycles. The van der Waals surface area contributed by atoms with Crippen LogP contribution in [0.3, 0.4) is 0 Å². The number of amides is 2. The smallest absolute Gasteiger partial charge is 0.319 e. The lowest BCUT2D eigenvalue weighted by Crippen LogP contribution is -2.28. The summed E-state index contributed by atoms with van der Waals surface area (Å²) in [6.07, 6.45) is 3.18. The van der Waals surface area contributed by atoms with Crippen LogP contribution in [-0.4, -0.2) is 6.03 Å². The molecule has 0 unspecified atom stereocenters. The van der Waals surface area contributed by atoms with Gasteiger partial charge in [-0.15, -0.1) is 0 Å². The molecule has 0 saturated carbocycles. The second kappa shape index (κ2) is 5.21. The molecule has 0 spiro atoms. The zero-order chi connectivity index (χ0) is 12.1. The van der Waals surface area contributed by atoms with Crippen molar-refractivity contribution in [2.24, 2.45) is 0 Å². The summed E-state index contributed by atoms with van der Waals surface area (Å²) in [6.45, 7) is 2.40. The van der Waals surface area contributed by atoms with Crippen molar-refractivity contribution in [3.05, 3.63) is 54.0 Å². The first-order valence-electron chi connectivity index (χ1n) is 5.37. The number of anilines is 1. The number of aryl methyl sites for hydroxylation is 1. The van der Waals surface area contributed by atoms with Gasteiger partial charge in [0.05, 0.1) is 12.5 Å². The van der Waals surface area contributed by atoms with E-state index in [0.717, 1.165) is 16.8 Å². The quantitative estimate of drug-likeness (QED) is 0.851. The molecule has 2 rings (SSSR count). The largest absolute Gasteiger partial charge is 0.472 e. The van der Waals surface area contributed by atoms with Crippen LogP contribution in [0.2, 0.25) is 0 Å². The monoisotopic (exact) mass is 230 g/mol. The maximum Gasteiger partial charge on any atom is 0.319 e. The number of nitrogens with one attached hydrogen (secondary N) is 2. The van der Waals surface area contributed by atoms with E-state index in [2.05, 4.69) is 10.6 Å². The van der Waals surface area contributed by atoms with Gasteiger partial charge in [-0.1, -0.05) is 18.2 Å². The summed E-state index contributed by atoms with van der Waals surface area (Å²) >= 11 is 0. The van der Waals surface area contributed by atoms with Crippen molar-refractivity contribution in [2.75, 3.05) is 5.32 Å². The zero-order valence-electron chi connectivity index (χ0n) is 9.57. The Morgan fingerprint density at radius 3 is 2.82 bits per heavy atom. The first-order chi connectivity index (χ1) is 8.25. The number of furan rings is 1. The normalized spacial score (nSPS) is 9.94. The van der Waals surface area contributed by atoms with Gasteiger partial charge in [0.15, 0.2) is 0 Å². The molecule has 0 aliphatic carbocycles. The number of benzene rings is 1. The fraction of sp³-hybridized carbons (Fsp3) is 0.154. The van der Waals surface area contributed by atoms with Crippen molar-refractivity contribution in [3.8, 4) is 0 Å². The lowest BCUT2D eigenvalue weighted by atomic mass is 10.2. The van der Waals surface area contributed by atoms with Crippen LogP contribution in [0.5, 0.6) is 0 Å². The van der Waals surface area contributed by atoms with Gasteiger partial charge in [0.2, 0.25) is 0 Å². The number of hydrogen-bond acceptors (Lipinski definition) is 2. The Hall–Kier alpha value is -2.23. The van der Waals surface area contributed by atoms with Gasteiger partial charge in [0.1, 0.15) is 0 Å². The minimum Gasteiger partial charge on any atom is -0.472 e. The van der Waals surface area contributed by atoms with Crippen molar-refractivity contribution in [1.29, 1.82) is 0 Å². The molecule has 1 aromatic carbocycles. The van der Waals surface area contributed by atoms with E-state index in [-0.39, 0.29) is 6.03 Å². The van der Waals surface area contributed by atoms with Gasteiger partial charge in [-0.05, 0) is 24.6 Å². The van der Waals surface area contributed by atoms with Crippen LogP contribution in [0.25, 0.3) is 0 Å². The molecule has 0 atom stereocenters. The summed E-state index contributed by atoms with van der Waals surface area (Å²) < 4.78 is 4.91. The van der Waals surface area contributed by atoms with Gasteiger partial charge >= 0.3 is 6.03 Å². The average molecular weight is 230 g/mol. The molecule has 1 aromatic heterocycles. The highest BCUT2D eigenvalue weighted by Gasteiger charge is 2.03. The molecule has 0 bridgehead atoms. The Kier molecular flexibility index (Phi) is 3.45. The third-order valence-electron chi connectivity index (χ3n) is 2.43. The SMILES string of the molecule is Cc1ccccc1NC(=O)NCc1ccoc1. The molecule has 0 aliphatic heterocycles. The number of hydrogen-bond donors (Lipinski definition) is 2. The lowest BCUT2D eigenvalue weighted by Gasteiger charge is -2.08. The Morgan fingerprint density at radius 1 is 1.29 bits per heavy atom. The molecule has 2 aromatic rings. The van der Waals surface area contributed by atoms with E-state index in [0.29, 0.717) is 6.54 Å². The van der Waals surface area contributed by atoms with E-state index in [1.807, 2.05) is 37.3 Å². The summed E-state index contributed by atoms with van der Waals surface area (Å²) in [7, 11) is 0. The minimum absolute atomic E-state index is 0.222. The first-order valence-corrected chi connectivity index (χ1v) is 5.37. The predicted molar refractivity (Wildman–Crippen MR) is 65.7 cm³/mol. The van der Waals surface area contributed by atoms with E-state index in [4.69, 9.17) is 4.42 Å². The standard InChI is InChI=1S/C13H14N2O2/c1-10-4-2-3-5-12(10)15-13(16)14-8-11-6-7-17-9-11/h2-7,9H,8H2,1H3,(H2,14,15,16). The fourth-order valence-corrected chi connectivity index (χ4v) is 1.46. The van der Waals surface area contributed by atoms with Crippen molar-refractivity contribution in [1.82, 2.24) is 5.32 Å². The number of rotatable bonds is 3. The molecule has 17 heavy (non-hydrogen) atoms. The van der Waals surface area contributed by atoms with E-state index < -0.39 is 0 Å². The molecule has 88 valence electrons. The van der Waals surface area contributed by atoms with Crippen molar-refractivity contribution in [3.63, 3.8) is 0 Å². The number of para-hydroxylation sites is 1. The van der Waals surface area contributed by atoms with Gasteiger partial charge in [-0.2, -0.15) is 0 Å². The van der Waals surface area contributed by atoms with Gasteiger partial charge in [-0.25, -0.2) is 4.79 Å². The molecule has 2 amide bonds. The Balaban J connectivity index is 1.87. The van der Waals surface area contributed by atoms with E-state index in [1.165, 1.54) is 0 Å². The highest BCUT2D eigenvalue weighted by molar-refractivity contribution is 5.89. The highest BCUT2D eigenvalue weighted by atomic mass is 16.3. The van der Waals surface area contributed by atoms with E-state index >= 15 is 0 Å². The summed E-state index contributed by atoms with van der Waals surface area (Å²) in [5, 5.41) is 5.54. The Labute approximate surface area is 99.6 Å². The van der Waals surface area contributed by atoms with Crippen LogP contribution in [0, 0.1) is 6.92 Å². The van der Waals surface area contributed by atoms with Gasteiger partial charge in [-0.3, -0.25) is 0 Å². The molecule has 0 aliphatic rings. The summed E-state index contributed by atoms with van der Waals surface area (Å²) in [5.41, 5.74) is 2.79. The molecule has 2 N–H and O–H groups in total. The molecule has 0 saturated heterocycles. The fourth-order valence-electron chi connectivity index (χ4n) is 1.46. The third kappa shape index (κ3) is 3.11. The minimum atomic E-state index is -0.222. The summed E-state index contributed by atoms with van der Waals surface area (Å²) in [6, 6.07) is 9.23. The topological polar surface area (TPSA) is 54.3 Å². The number of urea groups is 1. The highest BCUT2D eigenvalue weighted by Crippen LogP contribution is 2.12. The lowest BCUT2D eigenvalue weighted by molar-refractivity contribution is 0.251. The van der Waals surface area contributed by atoms with Gasteiger partial charge < -0.3 is 15.1 Å². The molecule has 0 fully saturated rings. The molecular formula is C13H14N2O2. The Morgan fingerprint density at radius 2 is 2.12 bits per heavy atom. The van der Waals surface area contributed by atoms with Gasteiger partial charge in [0.25, 0.3) is 0 Å². The maximum absolute atomic E-state index is 11.6. The second-order valence-electron chi connectivity index (χ2n) is 3.75. The molecular weight excluding hydrogens is 216 g/mol. The van der Waals surface area contributed by atoms with Crippen molar-refractivity contribution < 1.29 is 9.21 Å². The molecule has 4 heteroatoms. The van der Waals surface area contributed by atoms with Crippen LogP contribution >= 0.6 is 0 Å². The second-order valence-corrected chi connectivity index (χ2v) is 3.75. The predicted octanol–water partition coefficient (Wildman–Crippen LogP) is 2.91. The molecule has 0 radical (unpaired) electrons. The van der Waals surface area contributed by atoms with Crippen molar-refractivity contribution in [2.45, 2.75) is 13.5 Å². The zero-order valence-corrected chi connectivity index (χ0v) is 9.57. The van der Waals surface area contributed by atoms with Crippen LogP contribution < -0.4 is 10.6 Å².